The van der Waals surface area contributed by atoms with Gasteiger partial charge in [0.25, 0.3) is 5.91 Å². The van der Waals surface area contributed by atoms with Crippen LogP contribution >= 0.6 is 11.6 Å². The van der Waals surface area contributed by atoms with Gasteiger partial charge in [0.1, 0.15) is 17.4 Å². The van der Waals surface area contributed by atoms with Crippen molar-refractivity contribution < 1.29 is 41.0 Å². The normalized spacial score (nSPS) is 18.3. The van der Waals surface area contributed by atoms with Crippen molar-refractivity contribution in [2.75, 3.05) is 19.6 Å². The zero-order chi connectivity index (χ0) is 27.9. The molecule has 1 saturated carbocycles. The lowest BCUT2D eigenvalue weighted by Crippen LogP contribution is -2.50. The van der Waals surface area contributed by atoms with Crippen LogP contribution in [0.1, 0.15) is 48.7 Å². The second-order valence-corrected chi connectivity index (χ2v) is 10.4. The van der Waals surface area contributed by atoms with E-state index in [0.29, 0.717) is 42.6 Å². The van der Waals surface area contributed by atoms with Crippen LogP contribution in [0, 0.1) is 0 Å². The van der Waals surface area contributed by atoms with E-state index in [-0.39, 0.29) is 28.6 Å². The summed E-state index contributed by atoms with van der Waals surface area (Å²) in [6.45, 7) is 1.45. The number of nitrogens with one attached hydrogen (secondary N) is 1. The highest BCUT2D eigenvalue weighted by Gasteiger charge is 2.46. The van der Waals surface area contributed by atoms with E-state index >= 15 is 8.78 Å². The number of alkyl halides is 5. The fraction of sp³-hybridized carbons (Fsp3) is 0.444. The number of fused-ring (bicyclic) bond motifs is 1. The van der Waals surface area contributed by atoms with Crippen molar-refractivity contribution in [2.45, 2.75) is 56.0 Å². The van der Waals surface area contributed by atoms with Gasteiger partial charge >= 0.3 is 12.1 Å². The summed E-state index contributed by atoms with van der Waals surface area (Å²) in [5.41, 5.74) is -0.947. The molecule has 1 saturated heterocycles. The van der Waals surface area contributed by atoms with Crippen LogP contribution in [0.5, 0.6) is 5.75 Å². The van der Waals surface area contributed by atoms with E-state index in [1.807, 2.05) is 4.90 Å². The van der Waals surface area contributed by atoms with Gasteiger partial charge in [-0.2, -0.15) is 22.0 Å². The molecule has 2 heterocycles. The molecular formula is C27H26ClF5N2O4. The summed E-state index contributed by atoms with van der Waals surface area (Å²) in [5.74, 6) is -6.63. The molecule has 39 heavy (non-hydrogen) atoms. The Labute approximate surface area is 225 Å². The van der Waals surface area contributed by atoms with Crippen LogP contribution in [0.15, 0.2) is 46.9 Å². The van der Waals surface area contributed by atoms with Crippen molar-refractivity contribution in [2.24, 2.45) is 0 Å². The highest BCUT2D eigenvalue weighted by Crippen LogP contribution is 2.38. The van der Waals surface area contributed by atoms with Crippen molar-refractivity contribution in [3.8, 4) is 5.75 Å². The molecule has 0 spiro atoms. The average molecular weight is 573 g/mol. The standard InChI is InChI=1S/C27H26ClF5N2O4/c28-19-12-15(3-7-22(19)38-18-5-6-18)24(36)20(14-35-9-1-2-10-35)34-25(37)26(29,30)23-13-16-11-17(27(31,32)33)4-8-21(16)39-23/h3-4,7-8,11-13,18,20,24,36H,1-2,5-6,9-10,14H2,(H,34,37)/t20-,24+/m1/s1. The quantitative estimate of drug-likeness (QED) is 0.305. The number of furan rings is 1. The smallest absolute Gasteiger partial charge is 0.416 e. The number of aliphatic hydroxyl groups excluding tert-OH is 1. The average Bonchev–Trinajstić information content (AvgIpc) is 3.35. The lowest BCUT2D eigenvalue weighted by atomic mass is 10.0. The van der Waals surface area contributed by atoms with Crippen LogP contribution in [-0.4, -0.2) is 47.7 Å². The minimum Gasteiger partial charge on any atom is -0.489 e. The van der Waals surface area contributed by atoms with E-state index in [4.69, 9.17) is 20.8 Å². The molecule has 0 unspecified atom stereocenters. The van der Waals surface area contributed by atoms with Gasteiger partial charge in [-0.1, -0.05) is 17.7 Å². The molecule has 12 heteroatoms. The van der Waals surface area contributed by atoms with Gasteiger partial charge in [0.15, 0.2) is 5.76 Å². The summed E-state index contributed by atoms with van der Waals surface area (Å²) in [6.07, 6.45) is -2.32. The Bertz CT molecular complexity index is 1350. The van der Waals surface area contributed by atoms with E-state index in [1.165, 1.54) is 6.07 Å². The topological polar surface area (TPSA) is 74.9 Å². The Morgan fingerprint density at radius 2 is 1.82 bits per heavy atom. The maximum atomic E-state index is 15.2. The van der Waals surface area contributed by atoms with Gasteiger partial charge in [-0.25, -0.2) is 0 Å². The maximum Gasteiger partial charge on any atom is 0.416 e. The lowest BCUT2D eigenvalue weighted by molar-refractivity contribution is -0.151. The number of aliphatic hydroxyl groups is 1. The summed E-state index contributed by atoms with van der Waals surface area (Å²) < 4.78 is 80.4. The molecule has 2 atom stereocenters. The number of halogens is 6. The molecule has 1 amide bonds. The minimum absolute atomic E-state index is 0.0933. The highest BCUT2D eigenvalue weighted by molar-refractivity contribution is 6.32. The van der Waals surface area contributed by atoms with E-state index in [1.54, 1.807) is 12.1 Å². The molecule has 0 bridgehead atoms. The highest BCUT2D eigenvalue weighted by atomic mass is 35.5. The summed E-state index contributed by atoms with van der Waals surface area (Å²) in [7, 11) is 0. The van der Waals surface area contributed by atoms with Gasteiger partial charge in [-0.3, -0.25) is 4.79 Å². The predicted molar refractivity (Wildman–Crippen MR) is 133 cm³/mol. The number of ether oxygens (including phenoxy) is 1. The van der Waals surface area contributed by atoms with Gasteiger partial charge in [-0.15, -0.1) is 0 Å². The number of benzene rings is 2. The first kappa shape index (κ1) is 27.7. The zero-order valence-corrected chi connectivity index (χ0v) is 21.4. The molecule has 2 N–H and O–H groups in total. The van der Waals surface area contributed by atoms with Crippen LogP contribution in [0.4, 0.5) is 22.0 Å². The molecule has 2 aromatic carbocycles. The minimum atomic E-state index is -4.67. The number of carbonyl (C=O) groups is 1. The van der Waals surface area contributed by atoms with Crippen LogP contribution < -0.4 is 10.1 Å². The first-order valence-corrected chi connectivity index (χ1v) is 13.0. The molecular weight excluding hydrogens is 547 g/mol. The third kappa shape index (κ3) is 6.15. The number of nitrogens with zero attached hydrogens (tertiary/aromatic N) is 1. The van der Waals surface area contributed by atoms with Crippen molar-refractivity contribution >= 4 is 28.5 Å². The van der Waals surface area contributed by atoms with Crippen LogP contribution in [-0.2, 0) is 16.9 Å². The summed E-state index contributed by atoms with van der Waals surface area (Å²) in [4.78, 5) is 14.8. The largest absolute Gasteiger partial charge is 0.489 e. The number of amides is 1. The number of likely N-dealkylation sites (tertiary alicyclic amines) is 1. The number of hydrogen-bond acceptors (Lipinski definition) is 5. The number of rotatable bonds is 9. The predicted octanol–water partition coefficient (Wildman–Crippen LogP) is 6.05. The van der Waals surface area contributed by atoms with Gasteiger partial charge in [0.2, 0.25) is 0 Å². The molecule has 2 aliphatic rings. The molecule has 1 aliphatic carbocycles. The van der Waals surface area contributed by atoms with Crippen LogP contribution in [0.3, 0.4) is 0 Å². The first-order valence-electron chi connectivity index (χ1n) is 12.6. The first-order chi connectivity index (χ1) is 18.4. The zero-order valence-electron chi connectivity index (χ0n) is 20.6. The molecule has 210 valence electrons. The summed E-state index contributed by atoms with van der Waals surface area (Å²) in [6, 6.07) is 6.51. The summed E-state index contributed by atoms with van der Waals surface area (Å²) in [5, 5.41) is 13.4. The Morgan fingerprint density at radius 3 is 2.46 bits per heavy atom. The fourth-order valence-corrected chi connectivity index (χ4v) is 4.84. The van der Waals surface area contributed by atoms with E-state index in [2.05, 4.69) is 5.32 Å². The van der Waals surface area contributed by atoms with Gasteiger partial charge in [0, 0.05) is 11.9 Å². The Hall–Kier alpha value is -2.89. The van der Waals surface area contributed by atoms with Crippen molar-refractivity contribution in [3.05, 3.63) is 64.4 Å². The third-order valence-corrected chi connectivity index (χ3v) is 7.20. The SMILES string of the molecule is O=C(N[C@H](CN1CCCC1)[C@@H](O)c1ccc(OC2CC2)c(Cl)c1)C(F)(F)c1cc2cc(C(F)(F)F)ccc2o1. The van der Waals surface area contributed by atoms with E-state index in [0.717, 1.165) is 31.7 Å². The molecule has 1 aliphatic heterocycles. The van der Waals surface area contributed by atoms with Crippen molar-refractivity contribution in [1.82, 2.24) is 10.2 Å². The Kier molecular flexibility index (Phi) is 7.51. The van der Waals surface area contributed by atoms with Crippen molar-refractivity contribution in [3.63, 3.8) is 0 Å². The Balaban J connectivity index is 1.37. The molecule has 5 rings (SSSR count). The van der Waals surface area contributed by atoms with Crippen LogP contribution in [0.2, 0.25) is 5.02 Å². The van der Waals surface area contributed by atoms with Gasteiger partial charge in [-0.05, 0) is 80.7 Å². The molecule has 6 nitrogen and oxygen atoms in total. The number of carbonyl (C=O) groups excluding carboxylic acids is 1. The Morgan fingerprint density at radius 1 is 1.10 bits per heavy atom. The fourth-order valence-electron chi connectivity index (χ4n) is 4.61. The van der Waals surface area contributed by atoms with E-state index < -0.39 is 41.5 Å². The van der Waals surface area contributed by atoms with Crippen molar-refractivity contribution in [1.29, 1.82) is 0 Å². The van der Waals surface area contributed by atoms with Gasteiger partial charge < -0.3 is 24.5 Å². The second kappa shape index (κ2) is 10.6. The third-order valence-electron chi connectivity index (χ3n) is 6.90. The molecule has 3 aromatic rings. The van der Waals surface area contributed by atoms with E-state index in [9.17, 15) is 23.1 Å². The monoisotopic (exact) mass is 572 g/mol. The van der Waals surface area contributed by atoms with Gasteiger partial charge in [0.05, 0.1) is 22.7 Å². The number of hydrogen-bond donors (Lipinski definition) is 2. The lowest BCUT2D eigenvalue weighted by Gasteiger charge is -2.30. The second-order valence-electron chi connectivity index (χ2n) is 9.97. The molecule has 1 aromatic heterocycles. The molecule has 0 radical (unpaired) electrons. The summed E-state index contributed by atoms with van der Waals surface area (Å²) >= 11 is 6.32. The van der Waals surface area contributed by atoms with Crippen LogP contribution in [0.25, 0.3) is 11.0 Å². The maximum absolute atomic E-state index is 15.2. The molecule has 2 fully saturated rings.